The zero-order valence-electron chi connectivity index (χ0n) is 21.1. The van der Waals surface area contributed by atoms with Gasteiger partial charge < -0.3 is 22.1 Å². The van der Waals surface area contributed by atoms with Gasteiger partial charge in [-0.15, -0.1) is 0 Å². The monoisotopic (exact) mass is 628 g/mol. The Morgan fingerprint density at radius 2 is 1.14 bits per heavy atom. The Balaban J connectivity index is 1.42. The molecular weight excluding hydrogens is 596 g/mol. The fourth-order valence-electron chi connectivity index (χ4n) is 4.41. The number of hydrogen-bond acceptors (Lipinski definition) is 8. The number of amidine groups is 2. The van der Waals surface area contributed by atoms with Crippen LogP contribution in [-0.4, -0.2) is 43.5 Å². The zero-order chi connectivity index (χ0) is 26.4. The summed E-state index contributed by atoms with van der Waals surface area (Å²) in [5, 5.41) is 7.13. The molecule has 2 aliphatic heterocycles. The number of nitrogen functional groups attached to an aromatic ring is 2. The number of para-hydroxylation sites is 4. The van der Waals surface area contributed by atoms with E-state index in [4.69, 9.17) is 21.5 Å². The maximum Gasteiger partial charge on any atom is 0.314 e. The average Bonchev–Trinajstić information content (AvgIpc) is 3.58. The second-order valence-electron chi connectivity index (χ2n) is 8.87. The second kappa shape index (κ2) is 12.5. The topological polar surface area (TPSA) is 111 Å². The number of nitrogens with two attached hydrogens (primary N) is 2. The fraction of sp³-hybridized carbons (Fsp3) is 0.333. The molecule has 0 bridgehead atoms. The van der Waals surface area contributed by atoms with Crippen LogP contribution in [0.15, 0.2) is 73.3 Å². The van der Waals surface area contributed by atoms with Crippen LogP contribution in [0.25, 0.3) is 0 Å². The molecule has 2 radical (unpaired) electrons. The third kappa shape index (κ3) is 6.30. The van der Waals surface area contributed by atoms with Crippen LogP contribution in [0.2, 0.25) is 0 Å². The van der Waals surface area contributed by atoms with Crippen molar-refractivity contribution in [2.24, 2.45) is 0 Å². The minimum absolute atomic E-state index is 0.00111. The third-order valence-electron chi connectivity index (χ3n) is 6.38. The van der Waals surface area contributed by atoms with Gasteiger partial charge in [-0.1, -0.05) is 70.0 Å². The maximum absolute atomic E-state index is 6.18. The molecule has 0 fully saturated rings. The van der Waals surface area contributed by atoms with Crippen molar-refractivity contribution in [3.05, 3.63) is 73.3 Å². The lowest BCUT2D eigenvalue weighted by Gasteiger charge is -2.26. The summed E-state index contributed by atoms with van der Waals surface area (Å²) in [6.07, 6.45) is 10.2. The van der Waals surface area contributed by atoms with Crippen molar-refractivity contribution in [1.82, 2.24) is 19.8 Å². The van der Waals surface area contributed by atoms with Gasteiger partial charge in [0.2, 0.25) is 0 Å². The van der Waals surface area contributed by atoms with E-state index in [1.807, 2.05) is 73.3 Å². The van der Waals surface area contributed by atoms with Crippen LogP contribution in [0.5, 0.6) is 0 Å². The molecule has 4 unspecified atom stereocenters. The Morgan fingerprint density at radius 3 is 1.51 bits per heavy atom. The highest BCUT2D eigenvalue weighted by Crippen LogP contribution is 2.27. The number of halogens is 2. The van der Waals surface area contributed by atoms with E-state index < -0.39 is 0 Å². The summed E-state index contributed by atoms with van der Waals surface area (Å²) in [4.78, 5) is 13.7. The first-order valence-electron chi connectivity index (χ1n) is 12.5. The molecule has 0 aromatic heterocycles. The van der Waals surface area contributed by atoms with E-state index >= 15 is 0 Å². The van der Waals surface area contributed by atoms with Crippen molar-refractivity contribution in [2.75, 3.05) is 22.1 Å². The molecule has 10 heteroatoms. The molecular formula is C27H34Br2N8+2. The predicted molar refractivity (Wildman–Crippen MR) is 163 cm³/mol. The number of hydrogen-bond donors (Lipinski definition) is 4. The molecule has 2 heterocycles. The van der Waals surface area contributed by atoms with E-state index in [1.54, 1.807) is 0 Å². The first-order valence-corrected chi connectivity index (χ1v) is 14.3. The summed E-state index contributed by atoms with van der Waals surface area (Å²) in [5.41, 5.74) is 15.6. The molecule has 2 aromatic rings. The second-order valence-corrected chi connectivity index (χ2v) is 11.1. The van der Waals surface area contributed by atoms with Gasteiger partial charge in [0.1, 0.15) is 22.1 Å². The number of benzene rings is 2. The van der Waals surface area contributed by atoms with Gasteiger partial charge >= 0.3 is 11.7 Å². The minimum atomic E-state index is -0.00111. The summed E-state index contributed by atoms with van der Waals surface area (Å²) in [7, 11) is 0. The molecule has 0 saturated carbocycles. The van der Waals surface area contributed by atoms with Crippen LogP contribution in [0.3, 0.4) is 0 Å². The summed E-state index contributed by atoms with van der Waals surface area (Å²) in [6, 6.07) is 15.6. The molecule has 0 amide bonds. The van der Waals surface area contributed by atoms with Gasteiger partial charge in [-0.3, -0.25) is 0 Å². The summed E-state index contributed by atoms with van der Waals surface area (Å²) in [5.74, 6) is 1.89. The number of anilines is 4. The number of nitrogens with zero attached hydrogens (tertiary/aromatic N) is 4. The van der Waals surface area contributed by atoms with Crippen LogP contribution in [0.4, 0.5) is 22.7 Å². The summed E-state index contributed by atoms with van der Waals surface area (Å²) < 4.78 is 0. The molecule has 8 nitrogen and oxygen atoms in total. The van der Waals surface area contributed by atoms with Crippen molar-refractivity contribution < 1.29 is 0 Å². The lowest BCUT2D eigenvalue weighted by molar-refractivity contribution is 0.421. The number of nitrogens with one attached hydrogen (secondary N) is 2. The first-order chi connectivity index (χ1) is 17.9. The highest BCUT2D eigenvalue weighted by molar-refractivity contribution is 9.10. The normalized spacial score (nSPS) is 17.8. The van der Waals surface area contributed by atoms with E-state index in [0.717, 1.165) is 53.7 Å². The van der Waals surface area contributed by atoms with E-state index in [2.05, 4.69) is 66.1 Å². The molecule has 194 valence electrons. The van der Waals surface area contributed by atoms with E-state index in [9.17, 15) is 0 Å². The fourth-order valence-corrected chi connectivity index (χ4v) is 6.37. The highest BCUT2D eigenvalue weighted by Gasteiger charge is 2.41. The molecule has 4 atom stereocenters. The van der Waals surface area contributed by atoms with Crippen molar-refractivity contribution in [3.63, 3.8) is 0 Å². The number of aliphatic imine (C=N–C) groups is 2. The zero-order valence-corrected chi connectivity index (χ0v) is 24.2. The summed E-state index contributed by atoms with van der Waals surface area (Å²) in [6.45, 7) is 4.29. The maximum atomic E-state index is 6.18. The van der Waals surface area contributed by atoms with Gasteiger partial charge in [0.05, 0.1) is 22.7 Å². The average molecular weight is 630 g/mol. The summed E-state index contributed by atoms with van der Waals surface area (Å²) >= 11 is 7.81. The molecule has 2 aliphatic rings. The molecule has 6 N–H and O–H groups in total. The van der Waals surface area contributed by atoms with Crippen molar-refractivity contribution >= 4 is 66.3 Å². The van der Waals surface area contributed by atoms with Crippen LogP contribution in [0.1, 0.15) is 33.1 Å². The van der Waals surface area contributed by atoms with Gasteiger partial charge in [-0.25, -0.2) is 9.80 Å². The van der Waals surface area contributed by atoms with E-state index in [0.29, 0.717) is 0 Å². The van der Waals surface area contributed by atoms with Gasteiger partial charge in [-0.05, 0) is 40.7 Å². The standard InChI is InChI=1S/C27H34Br2N8/c1-3-24(34-22-11-7-5-9-20(22)30)36-15-13-32-26(36)18(28)17-19(29)27-33-14-16-37(27)25(4-2)35-23-12-8-6-10-21(23)31/h5-16,18-19,24-25,34-35H,3-4,17,30-31H2,1-2H3/q+2. The lowest BCUT2D eigenvalue weighted by atomic mass is 10.1. The highest BCUT2D eigenvalue weighted by atomic mass is 79.9. The number of alkyl halides is 2. The third-order valence-corrected chi connectivity index (χ3v) is 7.95. The molecule has 2 aromatic carbocycles. The molecule has 37 heavy (non-hydrogen) atoms. The minimum Gasteiger partial charge on any atom is -0.397 e. The molecule has 0 saturated heterocycles. The van der Waals surface area contributed by atoms with E-state index in [-0.39, 0.29) is 22.0 Å². The quantitative estimate of drug-likeness (QED) is 0.198. The smallest absolute Gasteiger partial charge is 0.314 e. The van der Waals surface area contributed by atoms with Crippen molar-refractivity contribution in [3.8, 4) is 0 Å². The number of rotatable bonds is 12. The largest absolute Gasteiger partial charge is 0.397 e. The SMILES string of the molecule is CCC(Nc1ccccc1N)N1C=C[N+]=C1C(Br)CC(Br)C1=[N+]C=CN1C(CC)Nc1ccccc1N. The van der Waals surface area contributed by atoms with Crippen LogP contribution >= 0.6 is 31.9 Å². The van der Waals surface area contributed by atoms with Crippen LogP contribution in [0, 0.1) is 0 Å². The van der Waals surface area contributed by atoms with Crippen LogP contribution in [-0.2, 0) is 0 Å². The van der Waals surface area contributed by atoms with Gasteiger partial charge in [0.15, 0.2) is 24.7 Å². The molecule has 4 rings (SSSR count). The van der Waals surface area contributed by atoms with Crippen LogP contribution < -0.4 is 32.1 Å². The Labute approximate surface area is 235 Å². The van der Waals surface area contributed by atoms with Crippen molar-refractivity contribution in [2.45, 2.75) is 55.1 Å². The van der Waals surface area contributed by atoms with Crippen molar-refractivity contribution in [1.29, 1.82) is 0 Å². The Hall–Kier alpha value is -2.98. The van der Waals surface area contributed by atoms with Gasteiger partial charge in [0.25, 0.3) is 0 Å². The Morgan fingerprint density at radius 1 is 0.730 bits per heavy atom. The molecule has 0 spiro atoms. The predicted octanol–water partition coefficient (Wildman–Crippen LogP) is 4.81. The Bertz CT molecular complexity index is 1100. The van der Waals surface area contributed by atoms with Gasteiger partial charge in [-0.2, -0.15) is 0 Å². The lowest BCUT2D eigenvalue weighted by Crippen LogP contribution is -2.47. The van der Waals surface area contributed by atoms with Gasteiger partial charge in [0, 0.05) is 12.8 Å². The van der Waals surface area contributed by atoms with E-state index in [1.165, 1.54) is 0 Å². The molecule has 0 aliphatic carbocycles. The Kier molecular flexibility index (Phi) is 9.15. The first kappa shape index (κ1) is 27.1.